The zero-order valence-corrected chi connectivity index (χ0v) is 13.1. The largest absolute Gasteiger partial charge is 0.300 e. The first-order valence-corrected chi connectivity index (χ1v) is 6.29. The molecule has 0 amide bonds. The third-order valence-electron chi connectivity index (χ3n) is 2.92. The first-order chi connectivity index (χ1) is 11.6. The summed E-state index contributed by atoms with van der Waals surface area (Å²) < 4.78 is 8.70. The summed E-state index contributed by atoms with van der Waals surface area (Å²) in [7, 11) is 0. The Kier molecular flexibility index (Phi) is 5.18. The molecule has 0 atom stereocenters. The number of hydrogen-bond donors (Lipinski definition) is 0. The van der Waals surface area contributed by atoms with Crippen molar-refractivity contribution in [1.29, 1.82) is 0 Å². The summed E-state index contributed by atoms with van der Waals surface area (Å²) in [6.45, 7) is 0. The molecule has 0 aliphatic rings. The summed E-state index contributed by atoms with van der Waals surface area (Å²) >= 11 is 0. The number of aromatic nitrogens is 4. The minimum atomic E-state index is -0.521. The van der Waals surface area contributed by atoms with Gasteiger partial charge in [-0.3, -0.25) is 20.2 Å². The van der Waals surface area contributed by atoms with Gasteiger partial charge in [0.2, 0.25) is 11.0 Å². The highest BCUT2D eigenvalue weighted by atomic mass is 32.1. The lowest BCUT2D eigenvalue weighted by Gasteiger charge is -1.87. The summed E-state index contributed by atoms with van der Waals surface area (Å²) in [5.74, 6) is 0. The van der Waals surface area contributed by atoms with Crippen LogP contribution < -0.4 is 0 Å². The summed E-state index contributed by atoms with van der Waals surface area (Å²) in [5, 5.41) is 34.6. The highest BCUT2D eigenvalue weighted by Crippen LogP contribution is 2.21. The van der Waals surface area contributed by atoms with Crippen LogP contribution >= 0.6 is 13.5 Å². The second-order valence-electron chi connectivity index (χ2n) is 4.33. The molecule has 25 heavy (non-hydrogen) atoms. The van der Waals surface area contributed by atoms with Gasteiger partial charge in [0.05, 0.1) is 9.85 Å². The normalized spacial score (nSPS) is 9.92. The van der Waals surface area contributed by atoms with E-state index in [0.29, 0.717) is 11.0 Å². The summed E-state index contributed by atoms with van der Waals surface area (Å²) in [6, 6.07) is 8.96. The quantitative estimate of drug-likeness (QED) is 0.381. The molecule has 2 heterocycles. The van der Waals surface area contributed by atoms with E-state index in [-0.39, 0.29) is 35.9 Å². The maximum absolute atomic E-state index is 10.4. The van der Waals surface area contributed by atoms with Crippen LogP contribution in [0.25, 0.3) is 22.1 Å². The monoisotopic (exact) mass is 364 g/mol. The topological polar surface area (TPSA) is 164 Å². The molecular weight excluding hydrogens is 356 g/mol. The molecule has 13 heteroatoms. The molecule has 0 N–H and O–H groups in total. The average Bonchev–Trinajstić information content (AvgIpc) is 3.23. The third-order valence-corrected chi connectivity index (χ3v) is 2.92. The smallest absolute Gasteiger partial charge is 0.258 e. The van der Waals surface area contributed by atoms with Crippen LogP contribution in [0.4, 0.5) is 11.4 Å². The number of nitro benzene ring substituents is 2. The van der Waals surface area contributed by atoms with Crippen molar-refractivity contribution in [1.82, 2.24) is 20.6 Å². The first kappa shape index (κ1) is 17.7. The van der Waals surface area contributed by atoms with Crippen LogP contribution in [0.2, 0.25) is 0 Å². The second kappa shape index (κ2) is 7.31. The van der Waals surface area contributed by atoms with E-state index in [1.165, 1.54) is 24.3 Å². The molecule has 12 nitrogen and oxygen atoms in total. The van der Waals surface area contributed by atoms with Crippen LogP contribution in [0, 0.1) is 20.2 Å². The van der Waals surface area contributed by atoms with Gasteiger partial charge in [-0.15, -0.1) is 0 Å². The summed E-state index contributed by atoms with van der Waals surface area (Å²) in [4.78, 5) is 19.8. The molecule has 2 aromatic carbocycles. The Labute approximate surface area is 144 Å². The van der Waals surface area contributed by atoms with Crippen LogP contribution in [0.1, 0.15) is 0 Å². The molecule has 0 radical (unpaired) electrons. The minimum absolute atomic E-state index is 0. The molecule has 0 saturated carbocycles. The number of non-ortho nitro benzene ring substituents is 2. The molecule has 0 aliphatic heterocycles. The molecule has 4 aromatic rings. The number of nitro groups is 2. The predicted molar refractivity (Wildman–Crippen MR) is 87.3 cm³/mol. The third kappa shape index (κ3) is 3.50. The highest BCUT2D eigenvalue weighted by molar-refractivity contribution is 7.59. The fraction of sp³-hybridized carbons (Fsp3) is 0. The van der Waals surface area contributed by atoms with Crippen molar-refractivity contribution in [3.63, 3.8) is 0 Å². The van der Waals surface area contributed by atoms with E-state index in [4.69, 9.17) is 0 Å². The van der Waals surface area contributed by atoms with Crippen LogP contribution in [0.15, 0.2) is 45.7 Å². The van der Waals surface area contributed by atoms with Gasteiger partial charge in [0, 0.05) is 12.1 Å². The van der Waals surface area contributed by atoms with E-state index in [1.807, 2.05) is 0 Å². The van der Waals surface area contributed by atoms with Gasteiger partial charge in [-0.1, -0.05) is 12.1 Å². The molecule has 0 saturated heterocycles. The standard InChI is InChI=1S/2C6H3N3O3.H2S/c2*10-9(11)5-3-1-2-4-6(5)8-12-7-4;/h2*1-3H;1H2. The van der Waals surface area contributed by atoms with Gasteiger partial charge < -0.3 is 0 Å². The van der Waals surface area contributed by atoms with E-state index >= 15 is 0 Å². The molecule has 2 aromatic heterocycles. The van der Waals surface area contributed by atoms with Gasteiger partial charge in [-0.2, -0.15) is 13.5 Å². The molecule has 0 spiro atoms. The van der Waals surface area contributed by atoms with Crippen molar-refractivity contribution in [3.05, 3.63) is 56.6 Å². The molecular formula is C12H8N6O6S. The van der Waals surface area contributed by atoms with Crippen LogP contribution in [-0.4, -0.2) is 30.5 Å². The molecule has 0 aliphatic carbocycles. The Hall–Kier alpha value is -3.61. The highest BCUT2D eigenvalue weighted by Gasteiger charge is 2.15. The zero-order valence-electron chi connectivity index (χ0n) is 12.1. The maximum Gasteiger partial charge on any atom is 0.300 e. The molecule has 0 unspecified atom stereocenters. The van der Waals surface area contributed by atoms with Gasteiger partial charge in [0.15, 0.2) is 0 Å². The predicted octanol–water partition coefficient (Wildman–Crippen LogP) is 2.37. The van der Waals surface area contributed by atoms with Crippen molar-refractivity contribution in [2.24, 2.45) is 0 Å². The molecule has 128 valence electrons. The molecule has 0 bridgehead atoms. The fourth-order valence-corrected chi connectivity index (χ4v) is 1.88. The van der Waals surface area contributed by atoms with Crippen LogP contribution in [0.5, 0.6) is 0 Å². The van der Waals surface area contributed by atoms with E-state index < -0.39 is 9.85 Å². The second-order valence-corrected chi connectivity index (χ2v) is 4.33. The SMILES string of the molecule is O=[N+]([O-])c1cccc2nonc12.O=[N+]([O-])c1cccc2nonc12.S. The van der Waals surface area contributed by atoms with Crippen LogP contribution in [0.3, 0.4) is 0 Å². The number of benzene rings is 2. The van der Waals surface area contributed by atoms with Gasteiger partial charge in [0.1, 0.15) is 11.0 Å². The molecule has 0 fully saturated rings. The maximum atomic E-state index is 10.4. The Morgan fingerprint density at radius 3 is 1.48 bits per heavy atom. The van der Waals surface area contributed by atoms with Gasteiger partial charge in [-0.05, 0) is 32.8 Å². The number of rotatable bonds is 2. The minimum Gasteiger partial charge on any atom is -0.258 e. The van der Waals surface area contributed by atoms with Crippen molar-refractivity contribution in [2.45, 2.75) is 0 Å². The van der Waals surface area contributed by atoms with E-state index in [9.17, 15) is 20.2 Å². The van der Waals surface area contributed by atoms with Crippen LogP contribution in [-0.2, 0) is 0 Å². The van der Waals surface area contributed by atoms with E-state index in [1.54, 1.807) is 12.1 Å². The van der Waals surface area contributed by atoms with Crippen molar-refractivity contribution >= 4 is 46.9 Å². The van der Waals surface area contributed by atoms with Gasteiger partial charge >= 0.3 is 11.4 Å². The Bertz CT molecular complexity index is 963. The van der Waals surface area contributed by atoms with Crippen molar-refractivity contribution < 1.29 is 19.1 Å². The number of nitrogens with zero attached hydrogens (tertiary/aromatic N) is 6. The lowest BCUT2D eigenvalue weighted by atomic mass is 10.3. The number of hydrogen-bond acceptors (Lipinski definition) is 10. The number of fused-ring (bicyclic) bond motifs is 2. The van der Waals surface area contributed by atoms with Gasteiger partial charge in [-0.25, -0.2) is 9.26 Å². The Morgan fingerprint density at radius 2 is 1.12 bits per heavy atom. The van der Waals surface area contributed by atoms with Crippen molar-refractivity contribution in [3.8, 4) is 0 Å². The summed E-state index contributed by atoms with van der Waals surface area (Å²) in [5.41, 5.74) is 0.973. The lowest BCUT2D eigenvalue weighted by Crippen LogP contribution is -1.88. The van der Waals surface area contributed by atoms with E-state index in [0.717, 1.165) is 0 Å². The average molecular weight is 364 g/mol. The fourth-order valence-electron chi connectivity index (χ4n) is 1.88. The Balaban J connectivity index is 0.000000173. The first-order valence-electron chi connectivity index (χ1n) is 6.29. The zero-order chi connectivity index (χ0) is 17.1. The van der Waals surface area contributed by atoms with Gasteiger partial charge in [0.25, 0.3) is 0 Å². The lowest BCUT2D eigenvalue weighted by molar-refractivity contribution is -0.383. The van der Waals surface area contributed by atoms with Crippen molar-refractivity contribution in [2.75, 3.05) is 0 Å². The summed E-state index contributed by atoms with van der Waals surface area (Å²) in [6.07, 6.45) is 0. The molecule has 4 rings (SSSR count). The Morgan fingerprint density at radius 1 is 0.720 bits per heavy atom. The van der Waals surface area contributed by atoms with E-state index in [2.05, 4.69) is 29.9 Å².